The highest BCUT2D eigenvalue weighted by Crippen LogP contribution is 2.09. The maximum absolute atomic E-state index is 10.8. The molecule has 110 valence electrons. The van der Waals surface area contributed by atoms with Crippen molar-refractivity contribution < 1.29 is 9.90 Å². The van der Waals surface area contributed by atoms with Gasteiger partial charge in [0.15, 0.2) is 0 Å². The van der Waals surface area contributed by atoms with Gasteiger partial charge in [-0.3, -0.25) is 0 Å². The van der Waals surface area contributed by atoms with E-state index in [2.05, 4.69) is 12.2 Å². The maximum atomic E-state index is 10.8. The Morgan fingerprint density at radius 1 is 1.10 bits per heavy atom. The molecule has 4 nitrogen and oxygen atoms in total. The van der Waals surface area contributed by atoms with Gasteiger partial charge in [0.25, 0.3) is 0 Å². The van der Waals surface area contributed by atoms with Crippen molar-refractivity contribution in [1.29, 1.82) is 0 Å². The Bertz CT molecular complexity index is 591. The highest BCUT2D eigenvalue weighted by Gasteiger charge is 2.05. The summed E-state index contributed by atoms with van der Waals surface area (Å²) in [6.07, 6.45) is 0.924. The van der Waals surface area contributed by atoms with Crippen LogP contribution >= 0.6 is 0 Å². The maximum Gasteiger partial charge on any atom is 0.335 e. The normalized spacial score (nSPS) is 12.0. The molecule has 0 saturated carbocycles. The van der Waals surface area contributed by atoms with Crippen LogP contribution in [-0.4, -0.2) is 17.1 Å². The zero-order valence-corrected chi connectivity index (χ0v) is 12.0. The summed E-state index contributed by atoms with van der Waals surface area (Å²) in [5.41, 5.74) is 9.07. The van der Waals surface area contributed by atoms with Crippen LogP contribution in [0.1, 0.15) is 28.4 Å². The van der Waals surface area contributed by atoms with Crippen LogP contribution in [-0.2, 0) is 13.0 Å². The zero-order chi connectivity index (χ0) is 15.2. The molecule has 2 aromatic rings. The quantitative estimate of drug-likeness (QED) is 0.713. The molecule has 1 unspecified atom stereocenters. The second kappa shape index (κ2) is 6.90. The summed E-state index contributed by atoms with van der Waals surface area (Å²) >= 11 is 0. The van der Waals surface area contributed by atoms with E-state index in [9.17, 15) is 4.79 Å². The number of carboxylic acids is 1. The van der Waals surface area contributed by atoms with Crippen molar-refractivity contribution in [2.45, 2.75) is 25.9 Å². The third-order valence-electron chi connectivity index (χ3n) is 3.38. The predicted octanol–water partition coefficient (Wildman–Crippen LogP) is 2.69. The van der Waals surface area contributed by atoms with Gasteiger partial charge >= 0.3 is 5.97 Å². The van der Waals surface area contributed by atoms with E-state index in [1.54, 1.807) is 12.1 Å². The van der Waals surface area contributed by atoms with Crippen molar-refractivity contribution in [2.24, 2.45) is 0 Å². The molecule has 21 heavy (non-hydrogen) atoms. The molecule has 0 aliphatic rings. The molecule has 0 aliphatic carbocycles. The monoisotopic (exact) mass is 284 g/mol. The van der Waals surface area contributed by atoms with Gasteiger partial charge < -0.3 is 16.2 Å². The summed E-state index contributed by atoms with van der Waals surface area (Å²) < 4.78 is 0. The first-order valence-corrected chi connectivity index (χ1v) is 6.94. The van der Waals surface area contributed by atoms with E-state index in [1.807, 2.05) is 36.4 Å². The van der Waals surface area contributed by atoms with E-state index in [0.717, 1.165) is 24.2 Å². The van der Waals surface area contributed by atoms with E-state index >= 15 is 0 Å². The first-order chi connectivity index (χ1) is 10.0. The fraction of sp³-hybridized carbons (Fsp3) is 0.235. The summed E-state index contributed by atoms with van der Waals surface area (Å²) in [5.74, 6) is -0.897. The van der Waals surface area contributed by atoms with Crippen molar-refractivity contribution in [3.05, 3.63) is 65.2 Å². The second-order valence-electron chi connectivity index (χ2n) is 5.23. The number of aromatic carboxylic acids is 1. The van der Waals surface area contributed by atoms with Gasteiger partial charge in [-0.1, -0.05) is 24.3 Å². The molecule has 0 spiro atoms. The summed E-state index contributed by atoms with van der Waals surface area (Å²) in [7, 11) is 0. The van der Waals surface area contributed by atoms with Crippen LogP contribution < -0.4 is 11.1 Å². The van der Waals surface area contributed by atoms with Crippen molar-refractivity contribution in [3.63, 3.8) is 0 Å². The van der Waals surface area contributed by atoms with Gasteiger partial charge in [0.1, 0.15) is 0 Å². The molecule has 2 aromatic carbocycles. The first-order valence-electron chi connectivity index (χ1n) is 6.94. The number of anilines is 1. The van der Waals surface area contributed by atoms with Gasteiger partial charge in [0, 0.05) is 18.3 Å². The average molecular weight is 284 g/mol. The number of nitrogen functional groups attached to an aromatic ring is 1. The molecular weight excluding hydrogens is 264 g/mol. The predicted molar refractivity (Wildman–Crippen MR) is 84.3 cm³/mol. The third kappa shape index (κ3) is 4.61. The highest BCUT2D eigenvalue weighted by atomic mass is 16.4. The summed E-state index contributed by atoms with van der Waals surface area (Å²) in [4.78, 5) is 10.8. The topological polar surface area (TPSA) is 75.3 Å². The van der Waals surface area contributed by atoms with E-state index in [4.69, 9.17) is 10.8 Å². The van der Waals surface area contributed by atoms with Crippen LogP contribution in [0, 0.1) is 0 Å². The van der Waals surface area contributed by atoms with Crippen molar-refractivity contribution in [3.8, 4) is 0 Å². The van der Waals surface area contributed by atoms with Crippen molar-refractivity contribution in [1.82, 2.24) is 5.32 Å². The molecule has 0 radical (unpaired) electrons. The minimum Gasteiger partial charge on any atom is -0.478 e. The lowest BCUT2D eigenvalue weighted by Gasteiger charge is -2.14. The number of hydrogen-bond acceptors (Lipinski definition) is 3. The fourth-order valence-corrected chi connectivity index (χ4v) is 2.14. The van der Waals surface area contributed by atoms with Crippen LogP contribution in [0.5, 0.6) is 0 Å². The zero-order valence-electron chi connectivity index (χ0n) is 12.0. The van der Waals surface area contributed by atoms with Gasteiger partial charge in [0.05, 0.1) is 5.56 Å². The Hall–Kier alpha value is -2.33. The summed E-state index contributed by atoms with van der Waals surface area (Å²) in [6.45, 7) is 2.85. The van der Waals surface area contributed by atoms with Crippen LogP contribution in [0.3, 0.4) is 0 Å². The molecule has 0 saturated heterocycles. The van der Waals surface area contributed by atoms with Crippen LogP contribution in [0.25, 0.3) is 0 Å². The molecule has 0 amide bonds. The Morgan fingerprint density at radius 3 is 2.24 bits per heavy atom. The number of carboxylic acid groups (broad SMARTS) is 1. The standard InChI is InChI=1S/C17H20N2O2/c1-12(10-13-4-8-16(18)9-5-13)19-11-14-2-6-15(7-3-14)17(20)21/h2-9,12,19H,10-11,18H2,1H3,(H,20,21). The number of hydrogen-bond donors (Lipinski definition) is 3. The first kappa shape index (κ1) is 15.1. The number of rotatable bonds is 6. The van der Waals surface area contributed by atoms with E-state index in [0.29, 0.717) is 11.6 Å². The Morgan fingerprint density at radius 2 is 1.67 bits per heavy atom. The third-order valence-corrected chi connectivity index (χ3v) is 3.38. The van der Waals surface area contributed by atoms with Gasteiger partial charge in [-0.05, 0) is 48.7 Å². The number of carbonyl (C=O) groups is 1. The van der Waals surface area contributed by atoms with Crippen LogP contribution in [0.4, 0.5) is 5.69 Å². The molecule has 0 bridgehead atoms. The lowest BCUT2D eigenvalue weighted by molar-refractivity contribution is 0.0697. The smallest absolute Gasteiger partial charge is 0.335 e. The van der Waals surface area contributed by atoms with E-state index < -0.39 is 5.97 Å². The van der Waals surface area contributed by atoms with Crippen LogP contribution in [0.2, 0.25) is 0 Å². The minimum atomic E-state index is -0.897. The van der Waals surface area contributed by atoms with Crippen LogP contribution in [0.15, 0.2) is 48.5 Å². The van der Waals surface area contributed by atoms with Gasteiger partial charge in [0.2, 0.25) is 0 Å². The molecule has 0 heterocycles. The number of nitrogens with two attached hydrogens (primary N) is 1. The lowest BCUT2D eigenvalue weighted by Crippen LogP contribution is -2.27. The fourth-order valence-electron chi connectivity index (χ4n) is 2.14. The minimum absolute atomic E-state index is 0.314. The molecular formula is C17H20N2O2. The largest absolute Gasteiger partial charge is 0.478 e. The molecule has 4 N–H and O–H groups in total. The second-order valence-corrected chi connectivity index (χ2v) is 5.23. The Labute approximate surface area is 124 Å². The molecule has 1 atom stereocenters. The lowest BCUT2D eigenvalue weighted by atomic mass is 10.1. The summed E-state index contributed by atoms with van der Waals surface area (Å²) in [5, 5.41) is 12.3. The average Bonchev–Trinajstić information content (AvgIpc) is 2.48. The van der Waals surface area contributed by atoms with Gasteiger partial charge in [-0.15, -0.1) is 0 Å². The van der Waals surface area contributed by atoms with E-state index in [-0.39, 0.29) is 0 Å². The molecule has 4 heteroatoms. The summed E-state index contributed by atoms with van der Waals surface area (Å²) in [6, 6.07) is 15.2. The molecule has 0 fully saturated rings. The van der Waals surface area contributed by atoms with Gasteiger partial charge in [-0.25, -0.2) is 4.79 Å². The molecule has 2 rings (SSSR count). The van der Waals surface area contributed by atoms with Crippen molar-refractivity contribution in [2.75, 3.05) is 5.73 Å². The molecule has 0 aliphatic heterocycles. The number of nitrogens with one attached hydrogen (secondary N) is 1. The Kier molecular flexibility index (Phi) is 4.95. The SMILES string of the molecule is CC(Cc1ccc(N)cc1)NCc1ccc(C(=O)O)cc1. The van der Waals surface area contributed by atoms with Gasteiger partial charge in [-0.2, -0.15) is 0 Å². The highest BCUT2D eigenvalue weighted by molar-refractivity contribution is 5.87. The van der Waals surface area contributed by atoms with Crippen molar-refractivity contribution >= 4 is 11.7 Å². The van der Waals surface area contributed by atoms with E-state index in [1.165, 1.54) is 5.56 Å². The molecule has 0 aromatic heterocycles. The number of benzene rings is 2. The Balaban J connectivity index is 1.84.